The number of nitrogens with zero attached hydrogens (tertiary/aromatic N) is 2. The van der Waals surface area contributed by atoms with E-state index < -0.39 is 0 Å². The van der Waals surface area contributed by atoms with Crippen molar-refractivity contribution in [3.05, 3.63) is 48.8 Å². The first kappa shape index (κ1) is 13.0. The first-order valence-corrected chi connectivity index (χ1v) is 6.82. The van der Waals surface area contributed by atoms with Crippen molar-refractivity contribution < 1.29 is 4.74 Å². The van der Waals surface area contributed by atoms with Crippen molar-refractivity contribution in [2.45, 2.75) is 0 Å². The number of ether oxygens (including phenoxy) is 1. The summed E-state index contributed by atoms with van der Waals surface area (Å²) >= 11 is 0. The van der Waals surface area contributed by atoms with Gasteiger partial charge in [0, 0.05) is 36.3 Å². The quantitative estimate of drug-likeness (QED) is 0.635. The van der Waals surface area contributed by atoms with Crippen molar-refractivity contribution >= 4 is 21.8 Å². The van der Waals surface area contributed by atoms with E-state index in [2.05, 4.69) is 33.5 Å². The third-order valence-electron chi connectivity index (χ3n) is 3.20. The highest BCUT2D eigenvalue weighted by Gasteiger charge is 1.99. The van der Waals surface area contributed by atoms with Gasteiger partial charge in [0.25, 0.3) is 0 Å². The summed E-state index contributed by atoms with van der Waals surface area (Å²) < 4.78 is 5.01. The molecule has 0 amide bonds. The van der Waals surface area contributed by atoms with Gasteiger partial charge in [-0.15, -0.1) is 0 Å². The fourth-order valence-corrected chi connectivity index (χ4v) is 2.21. The smallest absolute Gasteiger partial charge is 0.0795 e. The molecule has 4 nitrogen and oxygen atoms in total. The van der Waals surface area contributed by atoms with Gasteiger partial charge in [-0.25, -0.2) is 0 Å². The Morgan fingerprint density at radius 1 is 0.900 bits per heavy atom. The second-order valence-electron chi connectivity index (χ2n) is 4.57. The van der Waals surface area contributed by atoms with E-state index in [1.165, 1.54) is 0 Å². The third-order valence-corrected chi connectivity index (χ3v) is 3.20. The monoisotopic (exact) mass is 267 g/mol. The fourth-order valence-electron chi connectivity index (χ4n) is 2.21. The van der Waals surface area contributed by atoms with Crippen molar-refractivity contribution in [3.8, 4) is 0 Å². The van der Waals surface area contributed by atoms with Crippen molar-refractivity contribution in [2.75, 3.05) is 26.3 Å². The number of benzene rings is 1. The van der Waals surface area contributed by atoms with Crippen molar-refractivity contribution in [2.24, 2.45) is 0 Å². The van der Waals surface area contributed by atoms with Gasteiger partial charge in [-0.2, -0.15) is 0 Å². The summed E-state index contributed by atoms with van der Waals surface area (Å²) in [6.45, 7) is 3.83. The van der Waals surface area contributed by atoms with Crippen LogP contribution in [0.25, 0.3) is 21.8 Å². The maximum Gasteiger partial charge on any atom is 0.0795 e. The zero-order valence-corrected chi connectivity index (χ0v) is 11.2. The first-order chi connectivity index (χ1) is 9.95. The van der Waals surface area contributed by atoms with Crippen LogP contribution in [0.4, 0.5) is 0 Å². The fraction of sp³-hybridized carbons (Fsp3) is 0.250. The largest absolute Gasteiger partial charge is 0.379 e. The zero-order chi connectivity index (χ0) is 13.6. The molecule has 0 aliphatic carbocycles. The third kappa shape index (κ3) is 2.92. The lowest BCUT2D eigenvalue weighted by molar-refractivity contribution is 0.109. The van der Waals surface area contributed by atoms with Gasteiger partial charge in [-0.3, -0.25) is 9.97 Å². The Balaban J connectivity index is 0.000000170. The average Bonchev–Trinajstić information content (AvgIpc) is 2.57. The number of nitrogens with one attached hydrogen (secondary N) is 1. The van der Waals surface area contributed by atoms with Gasteiger partial charge in [0.1, 0.15) is 0 Å². The van der Waals surface area contributed by atoms with E-state index in [4.69, 9.17) is 4.74 Å². The van der Waals surface area contributed by atoms with E-state index in [0.717, 1.165) is 48.1 Å². The van der Waals surface area contributed by atoms with E-state index in [9.17, 15) is 0 Å². The van der Waals surface area contributed by atoms with E-state index >= 15 is 0 Å². The Bertz CT molecular complexity index is 629. The molecule has 0 spiro atoms. The number of morpholine rings is 1. The lowest BCUT2D eigenvalue weighted by Gasteiger charge is -2.10. The molecule has 4 rings (SSSR count). The molecule has 3 heterocycles. The number of hydrogen-bond donors (Lipinski definition) is 1. The van der Waals surface area contributed by atoms with Crippen LogP contribution in [0.5, 0.6) is 0 Å². The molecular formula is C16H17N3O. The predicted molar refractivity (Wildman–Crippen MR) is 80.7 cm³/mol. The van der Waals surface area contributed by atoms with Crippen LogP contribution in [0, 0.1) is 0 Å². The van der Waals surface area contributed by atoms with Crippen LogP contribution in [-0.4, -0.2) is 36.3 Å². The molecule has 1 aliphatic rings. The minimum absolute atomic E-state index is 0.889. The predicted octanol–water partition coefficient (Wildman–Crippen LogP) is 2.39. The molecule has 0 atom stereocenters. The Morgan fingerprint density at radius 3 is 2.45 bits per heavy atom. The molecule has 102 valence electrons. The number of fused-ring (bicyclic) bond motifs is 3. The minimum Gasteiger partial charge on any atom is -0.379 e. The van der Waals surface area contributed by atoms with Gasteiger partial charge in [-0.05, 0) is 24.3 Å². The molecule has 1 aromatic carbocycles. The van der Waals surface area contributed by atoms with Gasteiger partial charge < -0.3 is 10.1 Å². The molecular weight excluding hydrogens is 250 g/mol. The summed E-state index contributed by atoms with van der Waals surface area (Å²) in [7, 11) is 0. The molecule has 1 aliphatic heterocycles. The normalized spacial score (nSPS) is 14.8. The molecule has 1 N–H and O–H groups in total. The standard InChI is InChI=1S/C12H8N2.C4H9NO/c1-3-9-5-6-11-10(4-2-7-13-11)12(9)14-8-1;1-3-6-4-2-5-1/h1-8H;5H,1-4H2. The van der Waals surface area contributed by atoms with Crippen LogP contribution in [0.1, 0.15) is 0 Å². The summed E-state index contributed by atoms with van der Waals surface area (Å²) in [5.41, 5.74) is 2.02. The highest BCUT2D eigenvalue weighted by atomic mass is 16.5. The Morgan fingerprint density at radius 2 is 1.70 bits per heavy atom. The topological polar surface area (TPSA) is 47.0 Å². The molecule has 0 unspecified atom stereocenters. The molecule has 20 heavy (non-hydrogen) atoms. The van der Waals surface area contributed by atoms with Crippen LogP contribution in [0.15, 0.2) is 48.8 Å². The van der Waals surface area contributed by atoms with Crippen molar-refractivity contribution in [1.82, 2.24) is 15.3 Å². The average molecular weight is 267 g/mol. The van der Waals surface area contributed by atoms with E-state index in [1.807, 2.05) is 24.4 Å². The molecule has 4 heteroatoms. The van der Waals surface area contributed by atoms with Gasteiger partial charge in [0.2, 0.25) is 0 Å². The summed E-state index contributed by atoms with van der Waals surface area (Å²) in [5.74, 6) is 0. The Labute approximate surface area is 117 Å². The van der Waals surface area contributed by atoms with Crippen LogP contribution in [0.3, 0.4) is 0 Å². The van der Waals surface area contributed by atoms with E-state index in [1.54, 1.807) is 6.20 Å². The van der Waals surface area contributed by atoms with Gasteiger partial charge in [-0.1, -0.05) is 12.1 Å². The number of pyridine rings is 2. The summed E-state index contributed by atoms with van der Waals surface area (Å²) in [6.07, 6.45) is 3.62. The molecule has 3 aromatic rings. The summed E-state index contributed by atoms with van der Waals surface area (Å²) in [6, 6.07) is 12.1. The van der Waals surface area contributed by atoms with Crippen LogP contribution in [0.2, 0.25) is 0 Å². The van der Waals surface area contributed by atoms with Crippen LogP contribution < -0.4 is 5.32 Å². The summed E-state index contributed by atoms with van der Waals surface area (Å²) in [5, 5.41) is 5.44. The number of rotatable bonds is 0. The molecule has 0 saturated carbocycles. The minimum atomic E-state index is 0.889. The second kappa shape index (κ2) is 6.41. The van der Waals surface area contributed by atoms with Gasteiger partial charge >= 0.3 is 0 Å². The van der Waals surface area contributed by atoms with Gasteiger partial charge in [0.15, 0.2) is 0 Å². The molecule has 2 aromatic heterocycles. The summed E-state index contributed by atoms with van der Waals surface area (Å²) in [4.78, 5) is 8.66. The molecule has 1 saturated heterocycles. The van der Waals surface area contributed by atoms with Gasteiger partial charge in [0.05, 0.1) is 24.2 Å². The SMILES string of the molecule is C1COCCN1.c1cnc2c(c1)ccc1ncccc12. The van der Waals surface area contributed by atoms with E-state index in [0.29, 0.717) is 0 Å². The number of aromatic nitrogens is 2. The lowest BCUT2D eigenvalue weighted by Crippen LogP contribution is -2.30. The lowest BCUT2D eigenvalue weighted by atomic mass is 10.1. The Hall–Kier alpha value is -2.04. The zero-order valence-electron chi connectivity index (χ0n) is 11.2. The molecule has 0 bridgehead atoms. The van der Waals surface area contributed by atoms with Crippen LogP contribution >= 0.6 is 0 Å². The first-order valence-electron chi connectivity index (χ1n) is 6.82. The van der Waals surface area contributed by atoms with Crippen LogP contribution in [-0.2, 0) is 4.74 Å². The highest BCUT2D eigenvalue weighted by Crippen LogP contribution is 2.20. The number of hydrogen-bond acceptors (Lipinski definition) is 4. The van der Waals surface area contributed by atoms with E-state index in [-0.39, 0.29) is 0 Å². The Kier molecular flexibility index (Phi) is 4.16. The second-order valence-corrected chi connectivity index (χ2v) is 4.57. The highest BCUT2D eigenvalue weighted by molar-refractivity contribution is 6.03. The molecule has 1 fully saturated rings. The van der Waals surface area contributed by atoms with Crippen molar-refractivity contribution in [1.29, 1.82) is 0 Å². The van der Waals surface area contributed by atoms with Crippen molar-refractivity contribution in [3.63, 3.8) is 0 Å². The molecule has 0 radical (unpaired) electrons. The maximum atomic E-state index is 5.01. The maximum absolute atomic E-state index is 5.01.